The predicted molar refractivity (Wildman–Crippen MR) is 127 cm³/mol. The lowest BCUT2D eigenvalue weighted by Gasteiger charge is -2.39. The summed E-state index contributed by atoms with van der Waals surface area (Å²) in [5.41, 5.74) is -2.07. The number of halogens is 3. The Hall–Kier alpha value is -2.32. The lowest BCUT2D eigenvalue weighted by Crippen LogP contribution is -2.50. The molecule has 2 aliphatic heterocycles. The Kier molecular flexibility index (Phi) is 6.03. The van der Waals surface area contributed by atoms with Gasteiger partial charge in [0.25, 0.3) is 0 Å². The van der Waals surface area contributed by atoms with E-state index < -0.39 is 23.3 Å². The second-order valence-electron chi connectivity index (χ2n) is 10.6. The Morgan fingerprint density at radius 3 is 2.29 bits per heavy atom. The number of fused-ring (bicyclic) bond motifs is 2. The van der Waals surface area contributed by atoms with Gasteiger partial charge in [-0.25, -0.2) is 14.0 Å². The Morgan fingerprint density at radius 2 is 1.74 bits per heavy atom. The number of esters is 1. The van der Waals surface area contributed by atoms with E-state index in [4.69, 9.17) is 37.2 Å². The molecular weight excluding hydrogens is 498 g/mol. The van der Waals surface area contributed by atoms with Gasteiger partial charge in [0.2, 0.25) is 0 Å². The number of ether oxygens (including phenoxy) is 2. The van der Waals surface area contributed by atoms with E-state index in [9.17, 15) is 9.59 Å². The van der Waals surface area contributed by atoms with Crippen molar-refractivity contribution in [3.05, 3.63) is 39.6 Å². The molecule has 7 nitrogen and oxygen atoms in total. The van der Waals surface area contributed by atoms with Gasteiger partial charge in [-0.2, -0.15) is 0 Å². The zero-order valence-corrected chi connectivity index (χ0v) is 21.3. The van der Waals surface area contributed by atoms with Crippen LogP contribution in [0, 0.1) is 0 Å². The first-order valence-electron chi connectivity index (χ1n) is 11.8. The SMILES string of the molecule is CC(C)(C)OC(=O)N1C2CC[C@@H]1CC(OC(=O)c1c(-c3c(Cl)cccc3Cl)noc1C1(F)CC1)C2. The van der Waals surface area contributed by atoms with Gasteiger partial charge >= 0.3 is 12.1 Å². The number of rotatable bonds is 4. The summed E-state index contributed by atoms with van der Waals surface area (Å²) in [6.45, 7) is 5.49. The van der Waals surface area contributed by atoms with Crippen molar-refractivity contribution in [1.29, 1.82) is 0 Å². The molecule has 1 aliphatic carbocycles. The molecule has 2 aromatic rings. The molecule has 0 spiro atoms. The monoisotopic (exact) mass is 524 g/mol. The number of benzene rings is 1. The van der Waals surface area contributed by atoms with Crippen molar-refractivity contribution in [2.24, 2.45) is 0 Å². The van der Waals surface area contributed by atoms with Gasteiger partial charge in [-0.3, -0.25) is 0 Å². The number of alkyl halides is 1. The second kappa shape index (κ2) is 8.66. The van der Waals surface area contributed by atoms with Crippen LogP contribution in [-0.4, -0.2) is 45.9 Å². The molecule has 1 aromatic carbocycles. The first-order valence-corrected chi connectivity index (χ1v) is 12.6. The average Bonchev–Trinajstić information content (AvgIpc) is 3.23. The first kappa shape index (κ1) is 24.4. The fraction of sp³-hybridized carbons (Fsp3) is 0.560. The van der Waals surface area contributed by atoms with E-state index in [1.54, 1.807) is 23.1 Å². The Balaban J connectivity index is 1.39. The van der Waals surface area contributed by atoms with Crippen LogP contribution in [0.15, 0.2) is 22.7 Å². The van der Waals surface area contributed by atoms with Crippen LogP contribution in [0.4, 0.5) is 9.18 Å². The zero-order chi connectivity index (χ0) is 25.1. The summed E-state index contributed by atoms with van der Waals surface area (Å²) in [5.74, 6) is -0.881. The summed E-state index contributed by atoms with van der Waals surface area (Å²) < 4.78 is 31.9. The summed E-state index contributed by atoms with van der Waals surface area (Å²) in [6.07, 6.45) is 2.25. The standard InChI is InChI=1S/C25H27Cl2FN2O5/c1-24(2,3)34-23(32)30-13-7-8-14(30)12-15(11-13)33-22(31)19-20(18-16(26)5-4-6-17(18)27)29-35-21(19)25(28)9-10-25/h4-6,13-15H,7-12H2,1-3H3/t13-,14?,15?/m1/s1. The molecule has 10 heteroatoms. The van der Waals surface area contributed by atoms with Crippen molar-refractivity contribution >= 4 is 35.3 Å². The van der Waals surface area contributed by atoms with Gasteiger partial charge in [-0.1, -0.05) is 34.4 Å². The van der Waals surface area contributed by atoms with Crippen LogP contribution < -0.4 is 0 Å². The van der Waals surface area contributed by atoms with E-state index in [-0.39, 0.29) is 58.1 Å². The number of piperidine rings is 1. The van der Waals surface area contributed by atoms with E-state index in [2.05, 4.69) is 5.16 Å². The third-order valence-electron chi connectivity index (χ3n) is 6.76. The van der Waals surface area contributed by atoms with Gasteiger partial charge in [0.05, 0.1) is 10.0 Å². The van der Waals surface area contributed by atoms with Gasteiger partial charge < -0.3 is 18.9 Å². The van der Waals surface area contributed by atoms with Gasteiger partial charge in [0.1, 0.15) is 23.0 Å². The van der Waals surface area contributed by atoms with Crippen LogP contribution >= 0.6 is 23.2 Å². The summed E-state index contributed by atoms with van der Waals surface area (Å²) >= 11 is 12.7. The Labute approximate surface area is 212 Å². The third-order valence-corrected chi connectivity index (χ3v) is 7.39. The highest BCUT2D eigenvalue weighted by atomic mass is 35.5. The Bertz CT molecular complexity index is 1140. The number of aromatic nitrogens is 1. The molecule has 0 N–H and O–H groups in total. The minimum absolute atomic E-state index is 0.0682. The van der Waals surface area contributed by atoms with Crippen LogP contribution in [-0.2, 0) is 15.1 Å². The molecule has 2 bridgehead atoms. The highest BCUT2D eigenvalue weighted by Crippen LogP contribution is 2.53. The largest absolute Gasteiger partial charge is 0.458 e. The highest BCUT2D eigenvalue weighted by molar-refractivity contribution is 6.39. The molecule has 2 saturated heterocycles. The maximum atomic E-state index is 15.1. The van der Waals surface area contributed by atoms with Crippen molar-refractivity contribution in [2.75, 3.05) is 0 Å². The molecule has 3 fully saturated rings. The lowest BCUT2D eigenvalue weighted by atomic mass is 9.99. The van der Waals surface area contributed by atoms with Crippen LogP contribution in [0.5, 0.6) is 0 Å². The fourth-order valence-corrected chi connectivity index (χ4v) is 5.64. The van der Waals surface area contributed by atoms with Crippen molar-refractivity contribution in [3.63, 3.8) is 0 Å². The molecule has 0 radical (unpaired) electrons. The van der Waals surface area contributed by atoms with E-state index >= 15 is 4.39 Å². The molecule has 3 heterocycles. The van der Waals surface area contributed by atoms with Gasteiger partial charge in [-0.15, -0.1) is 0 Å². The maximum Gasteiger partial charge on any atom is 0.410 e. The molecule has 35 heavy (non-hydrogen) atoms. The van der Waals surface area contributed by atoms with E-state index in [0.717, 1.165) is 12.8 Å². The van der Waals surface area contributed by atoms with Gasteiger partial charge in [-0.05, 0) is 58.6 Å². The summed E-state index contributed by atoms with van der Waals surface area (Å²) in [4.78, 5) is 27.9. The highest BCUT2D eigenvalue weighted by Gasteiger charge is 2.53. The van der Waals surface area contributed by atoms with E-state index in [0.29, 0.717) is 18.4 Å². The molecular formula is C25H27Cl2FN2O5. The van der Waals surface area contributed by atoms with Crippen molar-refractivity contribution < 1.29 is 28.0 Å². The predicted octanol–water partition coefficient (Wildman–Crippen LogP) is 6.69. The molecule has 3 aliphatic rings. The maximum absolute atomic E-state index is 15.1. The molecule has 5 rings (SSSR count). The average molecular weight is 525 g/mol. The zero-order valence-electron chi connectivity index (χ0n) is 19.8. The van der Waals surface area contributed by atoms with Crippen molar-refractivity contribution in [2.45, 2.75) is 88.8 Å². The number of nitrogens with zero attached hydrogens (tertiary/aromatic N) is 2. The number of hydrogen-bond acceptors (Lipinski definition) is 6. The number of hydrogen-bond donors (Lipinski definition) is 0. The normalized spacial score (nSPS) is 24.9. The third kappa shape index (κ3) is 4.62. The van der Waals surface area contributed by atoms with Crippen LogP contribution in [0.25, 0.3) is 11.3 Å². The summed E-state index contributed by atoms with van der Waals surface area (Å²) in [6, 6.07) is 4.71. The summed E-state index contributed by atoms with van der Waals surface area (Å²) in [7, 11) is 0. The second-order valence-corrected chi connectivity index (χ2v) is 11.4. The minimum Gasteiger partial charge on any atom is -0.458 e. The quantitative estimate of drug-likeness (QED) is 0.414. The van der Waals surface area contributed by atoms with Gasteiger partial charge in [0, 0.05) is 30.5 Å². The number of carbonyl (C=O) groups excluding carboxylic acids is 2. The van der Waals surface area contributed by atoms with Crippen LogP contribution in [0.3, 0.4) is 0 Å². The van der Waals surface area contributed by atoms with E-state index in [1.807, 2.05) is 20.8 Å². The van der Waals surface area contributed by atoms with Crippen LogP contribution in [0.1, 0.15) is 75.4 Å². The molecule has 1 aromatic heterocycles. The van der Waals surface area contributed by atoms with Crippen molar-refractivity contribution in [1.82, 2.24) is 10.1 Å². The smallest absolute Gasteiger partial charge is 0.410 e. The molecule has 1 amide bonds. The van der Waals surface area contributed by atoms with Crippen molar-refractivity contribution in [3.8, 4) is 11.3 Å². The summed E-state index contributed by atoms with van der Waals surface area (Å²) in [5, 5.41) is 4.51. The minimum atomic E-state index is -1.76. The topological polar surface area (TPSA) is 81.9 Å². The fourth-order valence-electron chi connectivity index (χ4n) is 5.06. The molecule has 1 saturated carbocycles. The van der Waals surface area contributed by atoms with E-state index in [1.165, 1.54) is 0 Å². The number of amides is 1. The molecule has 188 valence electrons. The Morgan fingerprint density at radius 1 is 1.14 bits per heavy atom. The first-order chi connectivity index (χ1) is 16.5. The van der Waals surface area contributed by atoms with Gasteiger partial charge in [0.15, 0.2) is 11.4 Å². The molecule has 2 unspecified atom stereocenters. The lowest BCUT2D eigenvalue weighted by molar-refractivity contribution is -0.0227. The number of carbonyl (C=O) groups is 2. The molecule has 3 atom stereocenters. The van der Waals surface area contributed by atoms with Crippen LogP contribution in [0.2, 0.25) is 10.0 Å².